The van der Waals surface area contributed by atoms with E-state index in [1.165, 1.54) is 14.2 Å². The summed E-state index contributed by atoms with van der Waals surface area (Å²) in [6.45, 7) is 9.09. The van der Waals surface area contributed by atoms with E-state index in [9.17, 15) is 24.0 Å². The molecular formula is C49H58N10O8. The lowest BCUT2D eigenvalue weighted by molar-refractivity contribution is -0.136. The van der Waals surface area contributed by atoms with Gasteiger partial charge in [-0.05, 0) is 70.2 Å². The van der Waals surface area contributed by atoms with E-state index in [0.29, 0.717) is 31.3 Å². The Kier molecular flexibility index (Phi) is 13.5. The first-order valence-electron chi connectivity index (χ1n) is 22.6. The summed E-state index contributed by atoms with van der Waals surface area (Å²) in [5.74, 6) is 1.03. The predicted octanol–water partition coefficient (Wildman–Crippen LogP) is 6.85. The van der Waals surface area contributed by atoms with Gasteiger partial charge in [-0.3, -0.25) is 9.59 Å². The minimum Gasteiger partial charge on any atom is -0.497 e. The molecule has 4 N–H and O–H groups in total. The molecule has 0 aliphatic carbocycles. The zero-order valence-corrected chi connectivity index (χ0v) is 38.9. The van der Waals surface area contributed by atoms with E-state index in [1.54, 1.807) is 39.1 Å². The Bertz CT molecular complexity index is 2610. The molecule has 5 heterocycles. The number of nitrogens with one attached hydrogen (secondary N) is 4. The second-order valence-electron chi connectivity index (χ2n) is 17.9. The minimum absolute atomic E-state index is 0.00620. The van der Waals surface area contributed by atoms with Gasteiger partial charge in [0.1, 0.15) is 35.5 Å². The van der Waals surface area contributed by atoms with Crippen LogP contribution in [0, 0.1) is 11.8 Å². The van der Waals surface area contributed by atoms with Crippen LogP contribution in [0.5, 0.6) is 5.75 Å². The molecule has 2 saturated heterocycles. The molecule has 18 nitrogen and oxygen atoms in total. The number of aromatic nitrogens is 4. The number of H-pyrrole nitrogens is 2. The number of imidazole rings is 2. The number of ether oxygens (including phenoxy) is 3. The number of hydrogen-bond acceptors (Lipinski definition) is 10. The molecule has 3 aliphatic heterocycles. The van der Waals surface area contributed by atoms with Crippen LogP contribution < -0.4 is 15.4 Å². The molecule has 0 spiro atoms. The van der Waals surface area contributed by atoms with Crippen molar-refractivity contribution in [2.75, 3.05) is 41.1 Å². The second kappa shape index (κ2) is 19.6. The number of carbonyl (C=O) groups is 5. The maximum absolute atomic E-state index is 14.3. The van der Waals surface area contributed by atoms with Crippen molar-refractivity contribution in [2.45, 2.75) is 77.8 Å². The average Bonchev–Trinajstić information content (AvgIpc) is 4.21. The number of benzene rings is 3. The van der Waals surface area contributed by atoms with Gasteiger partial charge in [0.2, 0.25) is 11.8 Å². The van der Waals surface area contributed by atoms with Crippen molar-refractivity contribution in [3.63, 3.8) is 0 Å². The highest BCUT2D eigenvalue weighted by Gasteiger charge is 2.44. The molecule has 2 aromatic heterocycles. The van der Waals surface area contributed by atoms with Crippen molar-refractivity contribution in [2.24, 2.45) is 11.8 Å². The van der Waals surface area contributed by atoms with E-state index in [4.69, 9.17) is 19.2 Å². The van der Waals surface area contributed by atoms with Gasteiger partial charge >= 0.3 is 18.2 Å². The summed E-state index contributed by atoms with van der Waals surface area (Å²) in [4.78, 5) is 89.5. The Morgan fingerprint density at radius 3 is 1.67 bits per heavy atom. The molecule has 2 fully saturated rings. The Morgan fingerprint density at radius 1 is 0.642 bits per heavy atom. The summed E-state index contributed by atoms with van der Waals surface area (Å²) in [6, 6.07) is 19.3. The first kappa shape index (κ1) is 46.2. The SMILES string of the molecule is COC(=O)N[C@H](C(=O)N1CN(C(=O)N2Cc3ccc(OC)cc3C2)CC1c1ncc(-c2ccc(-c3ccc(-c4cnc([C@@H]5CCCN5C(=O)[C@@H](NC(=O)OC)C(C)C)[nH]4)cc3)cc2)[nH]1)C(C)C. The summed E-state index contributed by atoms with van der Waals surface area (Å²) in [5, 5.41) is 5.38. The monoisotopic (exact) mass is 914 g/mol. The Hall–Kier alpha value is -7.37. The fourth-order valence-corrected chi connectivity index (χ4v) is 9.14. The number of fused-ring (bicyclic) bond motifs is 1. The summed E-state index contributed by atoms with van der Waals surface area (Å²) in [7, 11) is 4.14. The van der Waals surface area contributed by atoms with Crippen molar-refractivity contribution in [1.82, 2.24) is 50.2 Å². The van der Waals surface area contributed by atoms with E-state index in [1.807, 2.05) is 94.4 Å². The van der Waals surface area contributed by atoms with Crippen LogP contribution in [-0.2, 0) is 32.2 Å². The van der Waals surface area contributed by atoms with Crippen LogP contribution in [0.3, 0.4) is 0 Å². The summed E-state index contributed by atoms with van der Waals surface area (Å²) in [5.41, 5.74) is 7.46. The van der Waals surface area contributed by atoms with Crippen LogP contribution in [0.4, 0.5) is 14.4 Å². The average molecular weight is 915 g/mol. The maximum atomic E-state index is 14.3. The highest BCUT2D eigenvalue weighted by molar-refractivity contribution is 5.88. The third-order valence-electron chi connectivity index (χ3n) is 12.9. The van der Waals surface area contributed by atoms with E-state index < -0.39 is 30.3 Å². The molecule has 5 aromatic rings. The first-order chi connectivity index (χ1) is 32.3. The maximum Gasteiger partial charge on any atom is 0.407 e. The lowest BCUT2D eigenvalue weighted by Crippen LogP contribution is -2.52. The quantitative estimate of drug-likeness (QED) is 0.102. The topological polar surface area (TPSA) is 207 Å². The second-order valence-corrected chi connectivity index (χ2v) is 17.9. The molecule has 0 radical (unpaired) electrons. The number of hydrogen-bond donors (Lipinski definition) is 4. The molecule has 0 bridgehead atoms. The van der Waals surface area contributed by atoms with Crippen molar-refractivity contribution in [1.29, 1.82) is 0 Å². The van der Waals surface area contributed by atoms with Gasteiger partial charge in [-0.25, -0.2) is 24.4 Å². The molecule has 18 heteroatoms. The molecule has 3 aliphatic rings. The van der Waals surface area contributed by atoms with Crippen LogP contribution in [0.25, 0.3) is 33.6 Å². The highest BCUT2D eigenvalue weighted by Crippen LogP contribution is 2.36. The predicted molar refractivity (Wildman–Crippen MR) is 248 cm³/mol. The molecule has 6 amide bonds. The zero-order valence-electron chi connectivity index (χ0n) is 38.9. The number of nitrogens with zero attached hydrogens (tertiary/aromatic N) is 6. The standard InChI is InChI=1S/C49H58N10O8/c1-28(2)41(54-47(62)66-6)45(60)58-20-8-9-39(58)43-50-22-37(52-43)32-14-10-30(11-15-32)31-12-16-33(17-13-31)38-23-51-44(53-38)40-26-57(27-59(40)46(61)42(29(3)4)55-48(63)67-7)49(64)56-24-34-18-19-36(65-5)21-35(34)25-56/h10-19,21-23,28-29,39-42H,8-9,20,24-27H2,1-7H3,(H,50,52)(H,51,53)(H,54,62)(H,55,63)/t39-,40?,41-,42-/m0/s1. The zero-order chi connectivity index (χ0) is 47.5. The number of rotatable bonds is 12. The molecular weight excluding hydrogens is 857 g/mol. The number of alkyl carbamates (subject to hydrolysis) is 2. The van der Waals surface area contributed by atoms with Crippen LogP contribution in [0.2, 0.25) is 0 Å². The largest absolute Gasteiger partial charge is 0.497 e. The van der Waals surface area contributed by atoms with Gasteiger partial charge in [-0.2, -0.15) is 0 Å². The van der Waals surface area contributed by atoms with Gasteiger partial charge in [-0.1, -0.05) is 82.3 Å². The lowest BCUT2D eigenvalue weighted by Gasteiger charge is -2.30. The van der Waals surface area contributed by atoms with Crippen molar-refractivity contribution >= 4 is 30.0 Å². The van der Waals surface area contributed by atoms with E-state index in [-0.39, 0.29) is 48.9 Å². The Balaban J connectivity index is 0.959. The van der Waals surface area contributed by atoms with Crippen LogP contribution in [-0.4, -0.2) is 123 Å². The summed E-state index contributed by atoms with van der Waals surface area (Å²) < 4.78 is 15.0. The molecule has 1 unspecified atom stereocenters. The number of methoxy groups -OCH3 is 3. The summed E-state index contributed by atoms with van der Waals surface area (Å²) >= 11 is 0. The highest BCUT2D eigenvalue weighted by atomic mass is 16.5. The molecule has 67 heavy (non-hydrogen) atoms. The third-order valence-corrected chi connectivity index (χ3v) is 12.9. The van der Waals surface area contributed by atoms with Crippen LogP contribution in [0.15, 0.2) is 79.1 Å². The molecule has 8 rings (SSSR count). The van der Waals surface area contributed by atoms with Crippen molar-refractivity contribution in [3.05, 3.63) is 102 Å². The number of urea groups is 1. The number of amides is 6. The van der Waals surface area contributed by atoms with E-state index >= 15 is 0 Å². The van der Waals surface area contributed by atoms with Crippen LogP contribution in [0.1, 0.15) is 75.4 Å². The Labute approximate surface area is 389 Å². The van der Waals surface area contributed by atoms with Crippen molar-refractivity contribution in [3.8, 4) is 39.4 Å². The van der Waals surface area contributed by atoms with Gasteiger partial charge in [0, 0.05) is 19.6 Å². The smallest absolute Gasteiger partial charge is 0.407 e. The van der Waals surface area contributed by atoms with Gasteiger partial charge in [0.15, 0.2) is 0 Å². The van der Waals surface area contributed by atoms with E-state index in [2.05, 4.69) is 25.6 Å². The van der Waals surface area contributed by atoms with Gasteiger partial charge in [0.25, 0.3) is 0 Å². The Morgan fingerprint density at radius 2 is 1.15 bits per heavy atom. The minimum atomic E-state index is -0.900. The lowest BCUT2D eigenvalue weighted by atomic mass is 10.0. The molecule has 4 atom stereocenters. The van der Waals surface area contributed by atoms with Gasteiger partial charge < -0.3 is 54.4 Å². The summed E-state index contributed by atoms with van der Waals surface area (Å²) in [6.07, 6.45) is 3.74. The molecule has 3 aromatic carbocycles. The number of likely N-dealkylation sites (tertiary alicyclic amines) is 1. The fourth-order valence-electron chi connectivity index (χ4n) is 9.14. The van der Waals surface area contributed by atoms with Gasteiger partial charge in [0.05, 0.1) is 64.4 Å². The van der Waals surface area contributed by atoms with Crippen LogP contribution >= 0.6 is 0 Å². The van der Waals surface area contributed by atoms with Gasteiger partial charge in [-0.15, -0.1) is 0 Å². The molecule has 0 saturated carbocycles. The van der Waals surface area contributed by atoms with Crippen molar-refractivity contribution < 1.29 is 38.2 Å². The number of carbonyl (C=O) groups excluding carboxylic acids is 5. The fraction of sp³-hybridized carbons (Fsp3) is 0.408. The number of aromatic amines is 2. The first-order valence-corrected chi connectivity index (χ1v) is 22.6. The van der Waals surface area contributed by atoms with E-state index in [0.717, 1.165) is 63.4 Å². The molecule has 352 valence electrons. The normalized spacial score (nSPS) is 17.7. The third kappa shape index (κ3) is 9.64.